The number of amides is 1. The van der Waals surface area contributed by atoms with Gasteiger partial charge in [0.15, 0.2) is 11.5 Å². The van der Waals surface area contributed by atoms with E-state index in [0.717, 1.165) is 30.5 Å². The number of benzene rings is 3. The molecule has 44 heavy (non-hydrogen) atoms. The molecule has 0 aliphatic carbocycles. The van der Waals surface area contributed by atoms with E-state index < -0.39 is 27.2 Å². The maximum absolute atomic E-state index is 15.8. The van der Waals surface area contributed by atoms with Gasteiger partial charge in [0.05, 0.1) is 36.4 Å². The highest BCUT2D eigenvalue weighted by atomic mass is 35.5. The van der Waals surface area contributed by atoms with Crippen molar-refractivity contribution in [2.24, 2.45) is 0 Å². The highest BCUT2D eigenvalue weighted by molar-refractivity contribution is 7.93. The van der Waals surface area contributed by atoms with Crippen LogP contribution in [0.25, 0.3) is 0 Å². The van der Waals surface area contributed by atoms with Gasteiger partial charge in [-0.05, 0) is 63.2 Å². The van der Waals surface area contributed by atoms with E-state index in [0.29, 0.717) is 30.9 Å². The van der Waals surface area contributed by atoms with Crippen molar-refractivity contribution >= 4 is 33.2 Å². The summed E-state index contributed by atoms with van der Waals surface area (Å²) in [6.07, 6.45) is 0.672. The molecule has 9 nitrogen and oxygen atoms in total. The Morgan fingerprint density at radius 3 is 2.30 bits per heavy atom. The lowest BCUT2D eigenvalue weighted by Crippen LogP contribution is -2.46. The Morgan fingerprint density at radius 1 is 0.932 bits per heavy atom. The first-order valence-electron chi connectivity index (χ1n) is 14.5. The van der Waals surface area contributed by atoms with Gasteiger partial charge in [0.25, 0.3) is 15.9 Å². The molecule has 0 bridgehead atoms. The van der Waals surface area contributed by atoms with Crippen LogP contribution in [0.2, 0.25) is 5.02 Å². The molecule has 1 saturated heterocycles. The van der Waals surface area contributed by atoms with E-state index >= 15 is 4.39 Å². The van der Waals surface area contributed by atoms with Crippen LogP contribution in [0.3, 0.4) is 0 Å². The summed E-state index contributed by atoms with van der Waals surface area (Å²) < 4.78 is 61.8. The normalized spacial score (nSPS) is 19.2. The number of methoxy groups -OCH3 is 2. The van der Waals surface area contributed by atoms with Gasteiger partial charge in [-0.3, -0.25) is 4.79 Å². The highest BCUT2D eigenvalue weighted by Crippen LogP contribution is 2.54. The predicted molar refractivity (Wildman–Crippen MR) is 167 cm³/mol. The third-order valence-electron chi connectivity index (χ3n) is 8.43. The number of piperazine rings is 1. The fourth-order valence-electron chi connectivity index (χ4n) is 6.12. The van der Waals surface area contributed by atoms with Crippen LogP contribution < -0.4 is 18.5 Å². The number of hydrogen-bond donors (Lipinski definition) is 0. The quantitative estimate of drug-likeness (QED) is 0.290. The first kappa shape index (κ1) is 32.0. The van der Waals surface area contributed by atoms with E-state index in [9.17, 15) is 13.2 Å². The van der Waals surface area contributed by atoms with Gasteiger partial charge in [-0.2, -0.15) is 0 Å². The van der Waals surface area contributed by atoms with Gasteiger partial charge in [-0.25, -0.2) is 17.1 Å². The summed E-state index contributed by atoms with van der Waals surface area (Å²) in [5.41, 5.74) is -1.20. The van der Waals surface area contributed by atoms with Crippen LogP contribution in [0.4, 0.5) is 10.1 Å². The minimum absolute atomic E-state index is 0.0620. The zero-order valence-electron chi connectivity index (χ0n) is 25.3. The van der Waals surface area contributed by atoms with Gasteiger partial charge >= 0.3 is 0 Å². The van der Waals surface area contributed by atoms with Crippen molar-refractivity contribution in [3.05, 3.63) is 76.6 Å². The van der Waals surface area contributed by atoms with E-state index in [1.807, 2.05) is 0 Å². The number of carbonyl (C=O) groups excluding carboxylic acids is 1. The summed E-state index contributed by atoms with van der Waals surface area (Å²) in [7, 11) is 0.347. The molecule has 1 fully saturated rings. The van der Waals surface area contributed by atoms with E-state index in [1.54, 1.807) is 25.1 Å². The molecule has 1 unspecified atom stereocenters. The van der Waals surface area contributed by atoms with Crippen LogP contribution in [0.1, 0.15) is 30.9 Å². The number of ether oxygens (including phenoxy) is 3. The highest BCUT2D eigenvalue weighted by Gasteiger charge is 2.57. The molecule has 5 rings (SSSR count). The number of likely N-dealkylation sites (N-methyl/N-ethyl adjacent to an activating group) is 1. The molecule has 2 heterocycles. The van der Waals surface area contributed by atoms with Crippen molar-refractivity contribution < 1.29 is 31.8 Å². The summed E-state index contributed by atoms with van der Waals surface area (Å²) in [5, 5.41) is 0.181. The first-order valence-corrected chi connectivity index (χ1v) is 16.3. The average molecular weight is 646 g/mol. The number of sulfonamides is 1. The molecular weight excluding hydrogens is 609 g/mol. The van der Waals surface area contributed by atoms with Gasteiger partial charge in [0.2, 0.25) is 0 Å². The number of fused-ring (bicyclic) bond motifs is 1. The van der Waals surface area contributed by atoms with Crippen molar-refractivity contribution in [3.8, 4) is 17.2 Å². The second kappa shape index (κ2) is 12.9. The molecule has 0 saturated carbocycles. The van der Waals surface area contributed by atoms with Crippen LogP contribution >= 0.6 is 11.6 Å². The van der Waals surface area contributed by atoms with Crippen molar-refractivity contribution in [1.82, 2.24) is 9.80 Å². The molecule has 1 amide bonds. The zero-order chi connectivity index (χ0) is 31.6. The fourth-order valence-corrected chi connectivity index (χ4v) is 7.85. The number of rotatable bonds is 11. The van der Waals surface area contributed by atoms with E-state index in [4.69, 9.17) is 25.8 Å². The van der Waals surface area contributed by atoms with Crippen LogP contribution in [0.5, 0.6) is 17.2 Å². The second-order valence-electron chi connectivity index (χ2n) is 11.0. The van der Waals surface area contributed by atoms with Crippen molar-refractivity contribution in [3.63, 3.8) is 0 Å². The Labute approximate surface area is 263 Å². The molecule has 1 atom stereocenters. The Bertz CT molecular complexity index is 1650. The number of halogens is 2. The predicted octanol–water partition coefficient (Wildman–Crippen LogP) is 4.94. The summed E-state index contributed by atoms with van der Waals surface area (Å²) >= 11 is 6.60. The Balaban J connectivity index is 1.66. The van der Waals surface area contributed by atoms with Crippen LogP contribution in [-0.2, 0) is 20.2 Å². The van der Waals surface area contributed by atoms with Gasteiger partial charge in [0.1, 0.15) is 17.0 Å². The molecule has 3 aromatic carbocycles. The van der Waals surface area contributed by atoms with Crippen LogP contribution in [0, 0.1) is 5.82 Å². The lowest BCUT2D eigenvalue weighted by atomic mass is 9.72. The van der Waals surface area contributed by atoms with Gasteiger partial charge in [-0.1, -0.05) is 29.8 Å². The number of nitrogens with zero attached hydrogens (tertiary/aromatic N) is 3. The summed E-state index contributed by atoms with van der Waals surface area (Å²) in [6.45, 7) is 6.40. The maximum Gasteiger partial charge on any atom is 0.271 e. The molecule has 2 aliphatic rings. The fraction of sp³-hybridized carbons (Fsp3) is 0.406. The standard InChI is InChI=1S/C32H37ClFN3O6S/c1-5-43-28-12-11-22(19-30(28)42-4)44(39,40)37-27-21-29(41-3)25(33)20-24(27)32(31(37)38,23-9-6-7-10-26(23)34)13-8-14-36-17-15-35(2)16-18-36/h6-7,9-12,19-21H,5,8,13-18H2,1-4H3. The molecule has 2 aliphatic heterocycles. The molecule has 0 spiro atoms. The van der Waals surface area contributed by atoms with Gasteiger partial charge in [0, 0.05) is 43.9 Å². The van der Waals surface area contributed by atoms with Crippen LogP contribution in [0.15, 0.2) is 59.5 Å². The Hall–Kier alpha value is -3.38. The SMILES string of the molecule is CCOc1ccc(S(=O)(=O)N2C(=O)C(CCCN3CCN(C)CC3)(c3ccccc3F)c3cc(Cl)c(OC)cc32)cc1OC. The molecule has 0 N–H and O–H groups in total. The third-order valence-corrected chi connectivity index (χ3v) is 10.4. The molecule has 0 radical (unpaired) electrons. The van der Waals surface area contributed by atoms with Crippen molar-refractivity contribution in [2.45, 2.75) is 30.1 Å². The molecule has 0 aromatic heterocycles. The van der Waals surface area contributed by atoms with E-state index in [2.05, 4.69) is 16.8 Å². The second-order valence-corrected chi connectivity index (χ2v) is 13.2. The van der Waals surface area contributed by atoms with Crippen LogP contribution in [-0.4, -0.2) is 84.7 Å². The van der Waals surface area contributed by atoms with E-state index in [1.165, 1.54) is 50.6 Å². The minimum Gasteiger partial charge on any atom is -0.495 e. The molecule has 3 aromatic rings. The molecule has 236 valence electrons. The first-order chi connectivity index (χ1) is 21.1. The van der Waals surface area contributed by atoms with Gasteiger partial charge < -0.3 is 24.0 Å². The minimum atomic E-state index is -4.54. The Kier molecular flexibility index (Phi) is 9.41. The van der Waals surface area contributed by atoms with Gasteiger partial charge in [-0.15, -0.1) is 0 Å². The number of anilines is 1. The lowest BCUT2D eigenvalue weighted by molar-refractivity contribution is -0.121. The lowest BCUT2D eigenvalue weighted by Gasteiger charge is -2.34. The van der Waals surface area contributed by atoms with Crippen molar-refractivity contribution in [2.75, 3.05) is 64.9 Å². The van der Waals surface area contributed by atoms with E-state index in [-0.39, 0.29) is 39.1 Å². The maximum atomic E-state index is 15.8. The monoisotopic (exact) mass is 645 g/mol. The smallest absolute Gasteiger partial charge is 0.271 e. The average Bonchev–Trinajstić information content (AvgIpc) is 3.25. The zero-order valence-corrected chi connectivity index (χ0v) is 26.9. The Morgan fingerprint density at radius 2 is 1.64 bits per heavy atom. The number of carbonyl (C=O) groups is 1. The topological polar surface area (TPSA) is 88.6 Å². The summed E-state index contributed by atoms with van der Waals surface area (Å²) in [6, 6.07) is 13.1. The third kappa shape index (κ3) is 5.62. The largest absolute Gasteiger partial charge is 0.495 e. The van der Waals surface area contributed by atoms with Crippen molar-refractivity contribution in [1.29, 1.82) is 0 Å². The summed E-state index contributed by atoms with van der Waals surface area (Å²) in [4.78, 5) is 19.2. The summed E-state index contributed by atoms with van der Waals surface area (Å²) in [5.74, 6) is -0.654. The number of hydrogen-bond acceptors (Lipinski definition) is 8. The molecular formula is C32H37ClFN3O6S. The molecule has 12 heteroatoms.